The Labute approximate surface area is 175 Å². The first-order valence-corrected chi connectivity index (χ1v) is 10.5. The number of benzene rings is 2. The van der Waals surface area contributed by atoms with Crippen molar-refractivity contribution in [1.29, 1.82) is 0 Å². The lowest BCUT2D eigenvalue weighted by atomic mass is 9.81. The second kappa shape index (κ2) is 8.69. The molecule has 1 aliphatic carbocycles. The number of nitrogens with one attached hydrogen (secondary N) is 1. The van der Waals surface area contributed by atoms with Crippen LogP contribution < -0.4 is 5.32 Å². The molecule has 30 heavy (non-hydrogen) atoms. The third-order valence-corrected chi connectivity index (χ3v) is 6.19. The number of fused-ring (bicyclic) bond motifs is 1. The summed E-state index contributed by atoms with van der Waals surface area (Å²) in [6.07, 6.45) is 4.15. The molecule has 156 valence electrons. The molecule has 1 heterocycles. The summed E-state index contributed by atoms with van der Waals surface area (Å²) in [7, 11) is 0. The molecule has 2 aromatic carbocycles. The van der Waals surface area contributed by atoms with Gasteiger partial charge in [-0.25, -0.2) is 4.79 Å². The van der Waals surface area contributed by atoms with Gasteiger partial charge in [0.15, 0.2) is 0 Å². The van der Waals surface area contributed by atoms with Crippen LogP contribution in [0.1, 0.15) is 53.1 Å². The van der Waals surface area contributed by atoms with Gasteiger partial charge in [-0.2, -0.15) is 0 Å². The number of carbonyl (C=O) groups excluding carboxylic acids is 2. The van der Waals surface area contributed by atoms with Gasteiger partial charge in [0.1, 0.15) is 6.04 Å². The summed E-state index contributed by atoms with van der Waals surface area (Å²) in [5, 5.41) is 13.0. The first-order chi connectivity index (χ1) is 14.6. The third kappa shape index (κ3) is 3.82. The van der Waals surface area contributed by atoms with E-state index in [9.17, 15) is 19.5 Å². The minimum atomic E-state index is -1.19. The van der Waals surface area contributed by atoms with Crippen molar-refractivity contribution in [2.45, 2.75) is 50.1 Å². The van der Waals surface area contributed by atoms with E-state index >= 15 is 0 Å². The van der Waals surface area contributed by atoms with Gasteiger partial charge >= 0.3 is 5.97 Å². The topological polar surface area (TPSA) is 86.7 Å². The molecule has 2 N–H and O–H groups in total. The Kier molecular flexibility index (Phi) is 5.84. The highest BCUT2D eigenvalue weighted by Crippen LogP contribution is 2.38. The normalized spacial score (nSPS) is 21.3. The molecule has 2 atom stereocenters. The van der Waals surface area contributed by atoms with Gasteiger partial charge in [0, 0.05) is 18.2 Å². The van der Waals surface area contributed by atoms with E-state index in [2.05, 4.69) is 5.32 Å². The highest BCUT2D eigenvalue weighted by Gasteiger charge is 2.49. The minimum Gasteiger partial charge on any atom is -0.480 e. The van der Waals surface area contributed by atoms with E-state index in [4.69, 9.17) is 0 Å². The van der Waals surface area contributed by atoms with Gasteiger partial charge in [0.2, 0.25) is 5.91 Å². The van der Waals surface area contributed by atoms with E-state index in [1.807, 2.05) is 30.3 Å². The van der Waals surface area contributed by atoms with E-state index in [1.54, 1.807) is 24.3 Å². The van der Waals surface area contributed by atoms with E-state index in [0.717, 1.165) is 31.2 Å². The van der Waals surface area contributed by atoms with Gasteiger partial charge in [-0.05, 0) is 36.5 Å². The number of carboxylic acid groups (broad SMARTS) is 1. The fourth-order valence-electron chi connectivity index (χ4n) is 4.77. The monoisotopic (exact) mass is 406 g/mol. The zero-order valence-corrected chi connectivity index (χ0v) is 16.8. The molecule has 2 aliphatic rings. The number of carboxylic acids is 1. The van der Waals surface area contributed by atoms with Gasteiger partial charge in [-0.15, -0.1) is 0 Å². The fraction of sp³-hybridized carbons (Fsp3) is 0.375. The molecule has 6 heteroatoms. The lowest BCUT2D eigenvalue weighted by Gasteiger charge is -2.42. The molecule has 2 amide bonds. The van der Waals surface area contributed by atoms with Crippen LogP contribution in [-0.2, 0) is 16.0 Å². The van der Waals surface area contributed by atoms with E-state index in [0.29, 0.717) is 24.1 Å². The van der Waals surface area contributed by atoms with Crippen LogP contribution in [0.3, 0.4) is 0 Å². The number of hydrogen-bond donors (Lipinski definition) is 2. The predicted molar refractivity (Wildman–Crippen MR) is 112 cm³/mol. The Bertz CT molecular complexity index is 937. The Morgan fingerprint density at radius 2 is 1.67 bits per heavy atom. The smallest absolute Gasteiger partial charge is 0.327 e. The highest BCUT2D eigenvalue weighted by atomic mass is 16.4. The van der Waals surface area contributed by atoms with Crippen molar-refractivity contribution in [2.75, 3.05) is 6.54 Å². The van der Waals surface area contributed by atoms with Crippen molar-refractivity contribution in [2.24, 2.45) is 0 Å². The summed E-state index contributed by atoms with van der Waals surface area (Å²) in [6.45, 7) is 0.408. The molecular weight excluding hydrogens is 380 g/mol. The summed E-state index contributed by atoms with van der Waals surface area (Å²) in [6, 6.07) is 15.4. The van der Waals surface area contributed by atoms with Crippen LogP contribution in [-0.4, -0.2) is 46.4 Å². The first kappa shape index (κ1) is 20.1. The van der Waals surface area contributed by atoms with Gasteiger partial charge in [-0.1, -0.05) is 61.4 Å². The fourth-order valence-corrected chi connectivity index (χ4v) is 4.77. The summed E-state index contributed by atoms with van der Waals surface area (Å²) in [4.78, 5) is 40.2. The quantitative estimate of drug-likeness (QED) is 0.772. The van der Waals surface area contributed by atoms with Crippen LogP contribution >= 0.6 is 0 Å². The van der Waals surface area contributed by atoms with Crippen molar-refractivity contribution in [1.82, 2.24) is 10.2 Å². The van der Waals surface area contributed by atoms with Gasteiger partial charge < -0.3 is 15.3 Å². The van der Waals surface area contributed by atoms with Crippen LogP contribution in [0, 0.1) is 0 Å². The number of rotatable bonds is 6. The van der Waals surface area contributed by atoms with Gasteiger partial charge in [0.05, 0.1) is 5.92 Å². The first-order valence-electron chi connectivity index (χ1n) is 10.5. The van der Waals surface area contributed by atoms with Crippen LogP contribution in [0.2, 0.25) is 0 Å². The van der Waals surface area contributed by atoms with E-state index < -0.39 is 17.9 Å². The Morgan fingerprint density at radius 3 is 2.37 bits per heavy atom. The average Bonchev–Trinajstić information content (AvgIpc) is 3.28. The molecule has 1 saturated carbocycles. The van der Waals surface area contributed by atoms with Crippen LogP contribution in [0.15, 0.2) is 54.6 Å². The zero-order chi connectivity index (χ0) is 21.1. The average molecular weight is 406 g/mol. The molecule has 2 aromatic rings. The highest BCUT2D eigenvalue weighted by molar-refractivity contribution is 6.05. The summed E-state index contributed by atoms with van der Waals surface area (Å²) in [5.41, 5.74) is 2.03. The summed E-state index contributed by atoms with van der Waals surface area (Å²) < 4.78 is 0. The zero-order valence-electron chi connectivity index (χ0n) is 16.8. The van der Waals surface area contributed by atoms with Crippen molar-refractivity contribution in [3.8, 4) is 0 Å². The molecular formula is C24H26N2O4. The SMILES string of the molecule is O=C(NCCc1ccccc1)[C@@H]1c2ccccc2C(=O)N(C2CCCC2)[C@H]1C(=O)O. The second-order valence-electron chi connectivity index (χ2n) is 8.03. The molecule has 0 radical (unpaired) electrons. The van der Waals surface area contributed by atoms with Crippen molar-refractivity contribution >= 4 is 17.8 Å². The Hall–Kier alpha value is -3.15. The van der Waals surface area contributed by atoms with Crippen molar-refractivity contribution < 1.29 is 19.5 Å². The molecule has 4 rings (SSSR count). The van der Waals surface area contributed by atoms with Gasteiger partial charge in [0.25, 0.3) is 5.91 Å². The van der Waals surface area contributed by atoms with Crippen molar-refractivity contribution in [3.63, 3.8) is 0 Å². The standard InChI is InChI=1S/C24H26N2O4/c27-22(25-15-14-16-8-2-1-3-9-16)20-18-12-6-7-13-19(18)23(28)26(21(20)24(29)30)17-10-4-5-11-17/h1-3,6-9,12-13,17,20-21H,4-5,10-11,14-15H2,(H,25,27)(H,29,30)/t20-,21-/m1/s1. The number of aliphatic carboxylic acids is 1. The molecule has 1 aliphatic heterocycles. The van der Waals surface area contributed by atoms with Crippen molar-refractivity contribution in [3.05, 3.63) is 71.3 Å². The number of carbonyl (C=O) groups is 3. The molecule has 6 nitrogen and oxygen atoms in total. The molecule has 0 spiro atoms. The summed E-state index contributed by atoms with van der Waals surface area (Å²) in [5.74, 6) is -2.68. The molecule has 0 bridgehead atoms. The van der Waals surface area contributed by atoms with Crippen LogP contribution in [0.5, 0.6) is 0 Å². The molecule has 0 aromatic heterocycles. The van der Waals surface area contributed by atoms with E-state index in [1.165, 1.54) is 4.90 Å². The van der Waals surface area contributed by atoms with Crippen LogP contribution in [0.4, 0.5) is 0 Å². The third-order valence-electron chi connectivity index (χ3n) is 6.19. The Morgan fingerprint density at radius 1 is 1.00 bits per heavy atom. The largest absolute Gasteiger partial charge is 0.480 e. The molecule has 0 saturated heterocycles. The summed E-state index contributed by atoms with van der Waals surface area (Å²) >= 11 is 0. The number of hydrogen-bond acceptors (Lipinski definition) is 3. The number of amides is 2. The molecule has 1 fully saturated rings. The molecule has 0 unspecified atom stereocenters. The van der Waals surface area contributed by atoms with E-state index in [-0.39, 0.29) is 17.9 Å². The van der Waals surface area contributed by atoms with Gasteiger partial charge in [-0.3, -0.25) is 9.59 Å². The maximum atomic E-state index is 13.2. The lowest BCUT2D eigenvalue weighted by molar-refractivity contribution is -0.147. The maximum Gasteiger partial charge on any atom is 0.327 e. The maximum absolute atomic E-state index is 13.2. The Balaban J connectivity index is 1.62. The second-order valence-corrected chi connectivity index (χ2v) is 8.03. The van der Waals surface area contributed by atoms with Crippen LogP contribution in [0.25, 0.3) is 0 Å². The predicted octanol–water partition coefficient (Wildman–Crippen LogP) is 2.98. The number of nitrogens with zero attached hydrogens (tertiary/aromatic N) is 1. The minimum absolute atomic E-state index is 0.133. The lowest BCUT2D eigenvalue weighted by Crippen LogP contribution is -2.58.